The topological polar surface area (TPSA) is 180 Å². The van der Waals surface area contributed by atoms with Gasteiger partial charge in [-0.3, -0.25) is 28.8 Å². The zero-order chi connectivity index (χ0) is 30.4. The van der Waals surface area contributed by atoms with E-state index in [-0.39, 0.29) is 30.0 Å². The Hall–Kier alpha value is -3.77. The molecule has 4 N–H and O–H groups in total. The number of carbonyl (C=O) groups excluding carboxylic acids is 6. The van der Waals surface area contributed by atoms with Gasteiger partial charge in [-0.1, -0.05) is 31.8 Å². The predicted octanol–water partition coefficient (Wildman–Crippen LogP) is 0.757. The van der Waals surface area contributed by atoms with Gasteiger partial charge in [-0.05, 0) is 57.8 Å². The van der Waals surface area contributed by atoms with Gasteiger partial charge in [0.15, 0.2) is 5.69 Å². The zero-order valence-electron chi connectivity index (χ0n) is 24.6. The maximum Gasteiger partial charge on any atom is 0.289 e. The van der Waals surface area contributed by atoms with Crippen LogP contribution in [-0.4, -0.2) is 82.6 Å². The molecule has 0 aromatic carbocycles. The summed E-state index contributed by atoms with van der Waals surface area (Å²) in [5, 5.41) is 14.7. The summed E-state index contributed by atoms with van der Waals surface area (Å²) in [4.78, 5) is 80.2. The lowest BCUT2D eigenvalue weighted by atomic mass is 9.93. The molecular formula is C29H42N6O7. The van der Waals surface area contributed by atoms with E-state index in [0.717, 1.165) is 25.7 Å². The number of nitrogens with zero attached hydrogens (tertiary/aromatic N) is 2. The lowest BCUT2D eigenvalue weighted by molar-refractivity contribution is -0.146. The van der Waals surface area contributed by atoms with Crippen LogP contribution in [-0.2, 0) is 24.0 Å². The first-order valence-corrected chi connectivity index (χ1v) is 15.0. The van der Waals surface area contributed by atoms with Gasteiger partial charge in [0.25, 0.3) is 11.8 Å². The van der Waals surface area contributed by atoms with Crippen LogP contribution >= 0.6 is 0 Å². The summed E-state index contributed by atoms with van der Waals surface area (Å²) in [5.41, 5.74) is 0.0482. The van der Waals surface area contributed by atoms with Gasteiger partial charge in [0, 0.05) is 31.1 Å². The molecule has 3 fully saturated rings. The smallest absolute Gasteiger partial charge is 0.289 e. The molecule has 0 radical (unpaired) electrons. The molecule has 0 bridgehead atoms. The first-order valence-electron chi connectivity index (χ1n) is 15.0. The Bertz CT molecular complexity index is 1190. The van der Waals surface area contributed by atoms with Gasteiger partial charge < -0.3 is 30.7 Å². The largest absolute Gasteiger partial charge is 0.361 e. The monoisotopic (exact) mass is 586 g/mol. The number of ketones is 1. The fraction of sp³-hybridized carbons (Fsp3) is 0.690. The third kappa shape index (κ3) is 7.54. The van der Waals surface area contributed by atoms with Crippen molar-refractivity contribution in [3.63, 3.8) is 0 Å². The van der Waals surface area contributed by atoms with Crippen molar-refractivity contribution in [2.45, 2.75) is 103 Å². The van der Waals surface area contributed by atoms with E-state index in [2.05, 4.69) is 26.4 Å². The fourth-order valence-electron chi connectivity index (χ4n) is 5.99. The second-order valence-electron chi connectivity index (χ2n) is 12.0. The molecule has 3 heterocycles. The molecule has 1 aliphatic carbocycles. The Morgan fingerprint density at radius 1 is 1.05 bits per heavy atom. The second-order valence-corrected chi connectivity index (χ2v) is 12.0. The molecule has 3 aliphatic rings. The maximum absolute atomic E-state index is 13.8. The highest BCUT2D eigenvalue weighted by Gasteiger charge is 2.40. The number of likely N-dealkylation sites (tertiary alicyclic amines) is 1. The Morgan fingerprint density at radius 3 is 2.38 bits per heavy atom. The average molecular weight is 587 g/mol. The summed E-state index contributed by atoms with van der Waals surface area (Å²) in [6.07, 6.45) is 5.75. The summed E-state index contributed by atoms with van der Waals surface area (Å²) in [5.74, 6) is -3.68. The van der Waals surface area contributed by atoms with Crippen molar-refractivity contribution in [1.82, 2.24) is 31.3 Å². The number of piperidine rings is 1. The number of carbonyl (C=O) groups is 6. The van der Waals surface area contributed by atoms with Crippen LogP contribution in [0.15, 0.2) is 10.6 Å². The highest BCUT2D eigenvalue weighted by Crippen LogP contribution is 2.23. The van der Waals surface area contributed by atoms with E-state index >= 15 is 0 Å². The van der Waals surface area contributed by atoms with Crippen molar-refractivity contribution >= 4 is 35.3 Å². The summed E-state index contributed by atoms with van der Waals surface area (Å²) in [6, 6.07) is -1.64. The van der Waals surface area contributed by atoms with Crippen molar-refractivity contribution in [3.8, 4) is 0 Å². The molecule has 1 aromatic heterocycles. The number of hydrogen-bond donors (Lipinski definition) is 4. The Kier molecular flexibility index (Phi) is 10.3. The number of hydrogen-bond acceptors (Lipinski definition) is 8. The van der Waals surface area contributed by atoms with Crippen molar-refractivity contribution in [3.05, 3.63) is 17.5 Å². The molecule has 1 saturated carbocycles. The van der Waals surface area contributed by atoms with E-state index in [1.54, 1.807) is 20.8 Å². The lowest BCUT2D eigenvalue weighted by Crippen LogP contribution is -2.60. The molecular weight excluding hydrogens is 544 g/mol. The van der Waals surface area contributed by atoms with Crippen LogP contribution < -0.4 is 21.3 Å². The van der Waals surface area contributed by atoms with Gasteiger partial charge in [0.05, 0.1) is 6.04 Å². The van der Waals surface area contributed by atoms with Crippen molar-refractivity contribution < 1.29 is 33.3 Å². The number of amides is 5. The standard InChI is InChI=1S/C29H42N6O7/c1-16(2)23(33-26(38)21-14-17(3)42-34-21)29(41)35-13-7-6-10-22(35)27(39)32-20(15-18-11-12-30-25(18)37)24(36)28(40)31-19-8-4-5-9-19/h14,16,18-20,22-23H,4-13,15H2,1-3H3,(H,30,37)(H,31,40)(H,32,39)(H,33,38)/t18-,20-,22-,23-/m0/s1. The molecule has 2 aliphatic heterocycles. The van der Waals surface area contributed by atoms with E-state index in [1.807, 2.05) is 0 Å². The van der Waals surface area contributed by atoms with E-state index in [0.29, 0.717) is 44.5 Å². The minimum atomic E-state index is -1.21. The number of rotatable bonds is 11. The second kappa shape index (κ2) is 13.9. The van der Waals surface area contributed by atoms with E-state index < -0.39 is 53.5 Å². The van der Waals surface area contributed by atoms with Crippen LogP contribution in [0.4, 0.5) is 0 Å². The highest BCUT2D eigenvalue weighted by atomic mass is 16.5. The van der Waals surface area contributed by atoms with Crippen LogP contribution in [0.1, 0.15) is 87.9 Å². The van der Waals surface area contributed by atoms with Gasteiger partial charge in [0.1, 0.15) is 17.8 Å². The fourth-order valence-corrected chi connectivity index (χ4v) is 5.99. The Balaban J connectivity index is 1.48. The van der Waals surface area contributed by atoms with Gasteiger partial charge in [-0.15, -0.1) is 0 Å². The SMILES string of the molecule is Cc1cc(C(=O)N[C@H](C(=O)N2CCCC[C@H]2C(=O)N[C@@H](C[C@@H]2CCNC2=O)C(=O)C(=O)NC2CCCC2)C(C)C)no1. The molecule has 4 rings (SSSR count). The maximum atomic E-state index is 13.8. The first-order chi connectivity index (χ1) is 20.0. The summed E-state index contributed by atoms with van der Waals surface area (Å²) in [7, 11) is 0. The average Bonchev–Trinajstić information content (AvgIpc) is 3.73. The van der Waals surface area contributed by atoms with Gasteiger partial charge in [-0.25, -0.2) is 0 Å². The Labute approximate surface area is 245 Å². The predicted molar refractivity (Wildman–Crippen MR) is 150 cm³/mol. The number of Topliss-reactive ketones (excluding diaryl/α,β-unsaturated/α-hetero) is 1. The third-order valence-electron chi connectivity index (χ3n) is 8.40. The minimum Gasteiger partial charge on any atom is -0.361 e. The first kappa shape index (κ1) is 31.2. The summed E-state index contributed by atoms with van der Waals surface area (Å²) in [6.45, 7) is 6.00. The molecule has 13 nitrogen and oxygen atoms in total. The lowest BCUT2D eigenvalue weighted by Gasteiger charge is -2.38. The molecule has 2 saturated heterocycles. The van der Waals surface area contributed by atoms with Crippen LogP contribution in [0.3, 0.4) is 0 Å². The molecule has 5 amide bonds. The number of aryl methyl sites for hydroxylation is 1. The minimum absolute atomic E-state index is 0.00302. The van der Waals surface area contributed by atoms with Crippen molar-refractivity contribution in [2.75, 3.05) is 13.1 Å². The zero-order valence-corrected chi connectivity index (χ0v) is 24.6. The Morgan fingerprint density at radius 2 is 1.76 bits per heavy atom. The van der Waals surface area contributed by atoms with Gasteiger partial charge in [0.2, 0.25) is 23.5 Å². The summed E-state index contributed by atoms with van der Waals surface area (Å²) >= 11 is 0. The molecule has 13 heteroatoms. The van der Waals surface area contributed by atoms with E-state index in [1.165, 1.54) is 11.0 Å². The quantitative estimate of drug-likeness (QED) is 0.274. The van der Waals surface area contributed by atoms with Crippen LogP contribution in [0.5, 0.6) is 0 Å². The van der Waals surface area contributed by atoms with Crippen LogP contribution in [0, 0.1) is 18.8 Å². The molecule has 0 spiro atoms. The summed E-state index contributed by atoms with van der Waals surface area (Å²) < 4.78 is 4.98. The van der Waals surface area contributed by atoms with Gasteiger partial charge in [-0.2, -0.15) is 0 Å². The van der Waals surface area contributed by atoms with E-state index in [9.17, 15) is 28.8 Å². The molecule has 42 heavy (non-hydrogen) atoms. The van der Waals surface area contributed by atoms with Crippen LogP contribution in [0.2, 0.25) is 0 Å². The van der Waals surface area contributed by atoms with Gasteiger partial charge >= 0.3 is 0 Å². The number of aromatic nitrogens is 1. The van der Waals surface area contributed by atoms with Crippen molar-refractivity contribution in [1.29, 1.82) is 0 Å². The normalized spacial score (nSPS) is 22.4. The molecule has 0 unspecified atom stereocenters. The molecule has 230 valence electrons. The van der Waals surface area contributed by atoms with E-state index in [4.69, 9.17) is 4.52 Å². The number of nitrogens with one attached hydrogen (secondary N) is 4. The van der Waals surface area contributed by atoms with Crippen molar-refractivity contribution in [2.24, 2.45) is 11.8 Å². The highest BCUT2D eigenvalue weighted by molar-refractivity contribution is 6.38. The molecule has 1 aromatic rings. The van der Waals surface area contributed by atoms with Crippen LogP contribution in [0.25, 0.3) is 0 Å². The molecule has 4 atom stereocenters. The third-order valence-corrected chi connectivity index (χ3v) is 8.40.